The molecule has 1 aliphatic heterocycles. The Morgan fingerprint density at radius 2 is 2.21 bits per heavy atom. The molecule has 74 valence electrons. The van der Waals surface area contributed by atoms with Crippen molar-refractivity contribution < 1.29 is 14.7 Å². The van der Waals surface area contributed by atoms with E-state index in [1.807, 2.05) is 10.8 Å². The second kappa shape index (κ2) is 3.13. The summed E-state index contributed by atoms with van der Waals surface area (Å²) in [6.45, 7) is 1.31. The van der Waals surface area contributed by atoms with Crippen molar-refractivity contribution in [1.29, 1.82) is 0 Å². The molecule has 6 heteroatoms. The Bertz CT molecular complexity index is 385. The van der Waals surface area contributed by atoms with Crippen LogP contribution < -0.4 is 0 Å². The highest BCUT2D eigenvalue weighted by atomic mass is 16.4. The smallest absolute Gasteiger partial charge is 0.394 e. The number of fused-ring (bicyclic) bond motifs is 1. The zero-order valence-corrected chi connectivity index (χ0v) is 7.38. The molecular weight excluding hydrogens is 186 g/mol. The number of hydrogen-bond acceptors (Lipinski definition) is 3. The summed E-state index contributed by atoms with van der Waals surface area (Å²) in [4.78, 5) is 26.9. The number of amides is 1. The number of aromatic nitrogens is 2. The molecular formula is C8H9N3O3. The van der Waals surface area contributed by atoms with Gasteiger partial charge in [-0.15, -0.1) is 0 Å². The summed E-state index contributed by atoms with van der Waals surface area (Å²) in [5.74, 6) is -1.55. The molecule has 6 nitrogen and oxygen atoms in total. The van der Waals surface area contributed by atoms with Crippen LogP contribution in [0, 0.1) is 0 Å². The third-order valence-corrected chi connectivity index (χ3v) is 2.21. The van der Waals surface area contributed by atoms with Gasteiger partial charge in [0.25, 0.3) is 0 Å². The number of carbonyl (C=O) groups excluding carboxylic acids is 1. The number of aliphatic carboxylic acids is 1. The average molecular weight is 195 g/mol. The quantitative estimate of drug-likeness (QED) is 0.556. The van der Waals surface area contributed by atoms with Gasteiger partial charge in [0.15, 0.2) is 0 Å². The molecule has 0 unspecified atom stereocenters. The van der Waals surface area contributed by atoms with Crippen LogP contribution in [0.5, 0.6) is 0 Å². The maximum absolute atomic E-state index is 11.1. The average Bonchev–Trinajstić information content (AvgIpc) is 2.62. The minimum atomic E-state index is -1.41. The van der Waals surface area contributed by atoms with E-state index in [1.165, 1.54) is 4.90 Å². The Labute approximate surface area is 79.8 Å². The van der Waals surface area contributed by atoms with Gasteiger partial charge in [-0.05, 0) is 0 Å². The molecule has 1 aromatic heterocycles. The van der Waals surface area contributed by atoms with E-state index in [0.29, 0.717) is 13.1 Å². The first-order valence-corrected chi connectivity index (χ1v) is 4.20. The normalized spacial score (nSPS) is 15.0. The molecule has 1 N–H and O–H groups in total. The van der Waals surface area contributed by atoms with Crippen LogP contribution >= 0.6 is 0 Å². The molecule has 0 bridgehead atoms. The summed E-state index contributed by atoms with van der Waals surface area (Å²) < 4.78 is 1.91. The Balaban J connectivity index is 2.15. The zero-order valence-electron chi connectivity index (χ0n) is 7.38. The van der Waals surface area contributed by atoms with Crippen LogP contribution in [0.15, 0.2) is 12.4 Å². The molecule has 0 saturated carbocycles. The van der Waals surface area contributed by atoms with Crippen molar-refractivity contribution in [3.05, 3.63) is 18.2 Å². The first-order valence-electron chi connectivity index (χ1n) is 4.20. The lowest BCUT2D eigenvalue weighted by Crippen LogP contribution is -2.41. The molecule has 0 atom stereocenters. The van der Waals surface area contributed by atoms with Gasteiger partial charge in [0, 0.05) is 25.5 Å². The molecule has 14 heavy (non-hydrogen) atoms. The van der Waals surface area contributed by atoms with Gasteiger partial charge in [-0.25, -0.2) is 9.78 Å². The van der Waals surface area contributed by atoms with E-state index in [-0.39, 0.29) is 6.54 Å². The molecule has 0 spiro atoms. The van der Waals surface area contributed by atoms with Crippen LogP contribution in [0.2, 0.25) is 0 Å². The summed E-state index contributed by atoms with van der Waals surface area (Å²) in [5, 5.41) is 8.51. The Kier molecular flexibility index (Phi) is 1.95. The molecule has 1 aromatic rings. The Morgan fingerprint density at radius 3 is 2.93 bits per heavy atom. The summed E-state index contributed by atoms with van der Waals surface area (Å²) >= 11 is 0. The lowest BCUT2D eigenvalue weighted by atomic mass is 10.3. The number of carbonyl (C=O) groups is 2. The lowest BCUT2D eigenvalue weighted by molar-refractivity contribution is -0.156. The number of carboxylic acids is 1. The van der Waals surface area contributed by atoms with Crippen LogP contribution in [0.25, 0.3) is 0 Å². The number of hydrogen-bond donors (Lipinski definition) is 1. The highest BCUT2D eigenvalue weighted by molar-refractivity contribution is 6.31. The predicted molar refractivity (Wildman–Crippen MR) is 45.3 cm³/mol. The molecule has 0 radical (unpaired) electrons. The molecule has 0 aliphatic carbocycles. The van der Waals surface area contributed by atoms with Crippen LogP contribution in [0.4, 0.5) is 0 Å². The van der Waals surface area contributed by atoms with E-state index in [1.54, 1.807) is 6.20 Å². The third kappa shape index (κ3) is 1.34. The van der Waals surface area contributed by atoms with Gasteiger partial charge in [0.2, 0.25) is 0 Å². The first kappa shape index (κ1) is 8.74. The van der Waals surface area contributed by atoms with Crippen LogP contribution in [0.1, 0.15) is 5.82 Å². The largest absolute Gasteiger partial charge is 0.474 e. The van der Waals surface area contributed by atoms with Gasteiger partial charge in [0.1, 0.15) is 5.82 Å². The zero-order chi connectivity index (χ0) is 10.1. The third-order valence-electron chi connectivity index (χ3n) is 2.21. The standard InChI is InChI=1S/C8H9N3O3/c12-7(8(13)14)11-4-3-10-2-1-9-6(10)5-11/h1-2H,3-5H2,(H,13,14). The topological polar surface area (TPSA) is 75.4 Å². The fourth-order valence-corrected chi connectivity index (χ4v) is 1.48. The van der Waals surface area contributed by atoms with E-state index in [9.17, 15) is 9.59 Å². The highest BCUT2D eigenvalue weighted by Gasteiger charge is 2.25. The van der Waals surface area contributed by atoms with Gasteiger partial charge < -0.3 is 14.6 Å². The van der Waals surface area contributed by atoms with Gasteiger partial charge in [-0.3, -0.25) is 4.79 Å². The van der Waals surface area contributed by atoms with Gasteiger partial charge >= 0.3 is 11.9 Å². The Morgan fingerprint density at radius 1 is 1.43 bits per heavy atom. The molecule has 1 amide bonds. The summed E-state index contributed by atoms with van der Waals surface area (Å²) in [6.07, 6.45) is 3.46. The van der Waals surface area contributed by atoms with Gasteiger partial charge in [-0.2, -0.15) is 0 Å². The highest BCUT2D eigenvalue weighted by Crippen LogP contribution is 2.09. The second-order valence-electron chi connectivity index (χ2n) is 3.07. The molecule has 0 aromatic carbocycles. The van der Waals surface area contributed by atoms with E-state index in [0.717, 1.165) is 5.82 Å². The van der Waals surface area contributed by atoms with Crippen molar-refractivity contribution in [3.63, 3.8) is 0 Å². The van der Waals surface area contributed by atoms with Crippen molar-refractivity contribution in [2.45, 2.75) is 13.1 Å². The molecule has 2 rings (SSSR count). The van der Waals surface area contributed by atoms with Gasteiger partial charge in [0.05, 0.1) is 6.54 Å². The number of nitrogens with zero attached hydrogens (tertiary/aromatic N) is 3. The summed E-state index contributed by atoms with van der Waals surface area (Å²) in [7, 11) is 0. The minimum absolute atomic E-state index is 0.276. The van der Waals surface area contributed by atoms with E-state index >= 15 is 0 Å². The summed E-state index contributed by atoms with van der Waals surface area (Å²) in [6, 6.07) is 0. The second-order valence-corrected chi connectivity index (χ2v) is 3.07. The predicted octanol–water partition coefficient (Wildman–Crippen LogP) is -0.690. The maximum Gasteiger partial charge on any atom is 0.394 e. The van der Waals surface area contributed by atoms with Crippen molar-refractivity contribution in [1.82, 2.24) is 14.5 Å². The molecule has 1 aliphatic rings. The Hall–Kier alpha value is -1.85. The van der Waals surface area contributed by atoms with Crippen LogP contribution in [-0.2, 0) is 22.7 Å². The van der Waals surface area contributed by atoms with Gasteiger partial charge in [-0.1, -0.05) is 0 Å². The molecule has 0 fully saturated rings. The van der Waals surface area contributed by atoms with Crippen molar-refractivity contribution in [3.8, 4) is 0 Å². The van der Waals surface area contributed by atoms with Crippen molar-refractivity contribution in [2.75, 3.05) is 6.54 Å². The number of imidazole rings is 1. The van der Waals surface area contributed by atoms with Crippen LogP contribution in [0.3, 0.4) is 0 Å². The number of carboxylic acid groups (broad SMARTS) is 1. The van der Waals surface area contributed by atoms with Crippen LogP contribution in [-0.4, -0.2) is 38.0 Å². The van der Waals surface area contributed by atoms with Crippen molar-refractivity contribution >= 4 is 11.9 Å². The SMILES string of the molecule is O=C(O)C(=O)N1CCn2ccnc2C1. The maximum atomic E-state index is 11.1. The van der Waals surface area contributed by atoms with E-state index in [4.69, 9.17) is 5.11 Å². The first-order chi connectivity index (χ1) is 6.68. The fourth-order valence-electron chi connectivity index (χ4n) is 1.48. The molecule has 2 heterocycles. The van der Waals surface area contributed by atoms with E-state index < -0.39 is 11.9 Å². The minimum Gasteiger partial charge on any atom is -0.474 e. The van der Waals surface area contributed by atoms with E-state index in [2.05, 4.69) is 4.98 Å². The molecule has 0 saturated heterocycles. The lowest BCUT2D eigenvalue weighted by Gasteiger charge is -2.25. The number of rotatable bonds is 0. The summed E-state index contributed by atoms with van der Waals surface area (Å²) in [5.41, 5.74) is 0. The monoisotopic (exact) mass is 195 g/mol. The fraction of sp³-hybridized carbons (Fsp3) is 0.375. The van der Waals surface area contributed by atoms with Crippen molar-refractivity contribution in [2.24, 2.45) is 0 Å².